The van der Waals surface area contributed by atoms with Crippen LogP contribution in [-0.4, -0.2) is 0 Å². The van der Waals surface area contributed by atoms with Crippen molar-refractivity contribution in [3.05, 3.63) is 22.1 Å². The molecule has 0 unspecified atom stereocenters. The van der Waals surface area contributed by atoms with Gasteiger partial charge in [0.2, 0.25) is 5.13 Å². The van der Waals surface area contributed by atoms with Gasteiger partial charge in [0.05, 0.1) is 0 Å². The van der Waals surface area contributed by atoms with Crippen molar-refractivity contribution < 1.29 is 13.2 Å². The van der Waals surface area contributed by atoms with Crippen molar-refractivity contribution in [2.24, 2.45) is 0 Å². The quantitative estimate of drug-likeness (QED) is 0.515. The largest absolute Gasteiger partial charge is 0.214 e. The molecule has 0 aliphatic heterocycles. The second kappa shape index (κ2) is 1.78. The van der Waals surface area contributed by atoms with Gasteiger partial charge in [-0.15, -0.1) is 0 Å². The van der Waals surface area contributed by atoms with E-state index in [1.807, 2.05) is 0 Å². The molecule has 0 aromatic carbocycles. The minimum absolute atomic E-state index is 0.161. The van der Waals surface area contributed by atoms with Crippen LogP contribution in [0.4, 0.5) is 13.2 Å². The molecule has 4 heteroatoms. The van der Waals surface area contributed by atoms with E-state index in [1.54, 1.807) is 0 Å². The predicted molar refractivity (Wildman–Crippen MR) is 24.2 cm³/mol. The average molecular weight is 138 g/mol. The summed E-state index contributed by atoms with van der Waals surface area (Å²) in [6.07, 6.45) is 0. The summed E-state index contributed by atoms with van der Waals surface area (Å²) in [4.78, 5) is 0. The minimum Gasteiger partial charge on any atom is -0.203 e. The van der Waals surface area contributed by atoms with Gasteiger partial charge in [0, 0.05) is 6.07 Å². The Morgan fingerprint density at radius 3 is 2.00 bits per heavy atom. The molecule has 1 aromatic heterocycles. The Morgan fingerprint density at radius 1 is 1.25 bits per heavy atom. The molecular weight excluding hydrogens is 137 g/mol. The van der Waals surface area contributed by atoms with Crippen molar-refractivity contribution in [3.63, 3.8) is 0 Å². The first kappa shape index (κ1) is 5.62. The van der Waals surface area contributed by atoms with Gasteiger partial charge >= 0.3 is 0 Å². The molecule has 0 amide bonds. The van der Waals surface area contributed by atoms with Crippen molar-refractivity contribution >= 4 is 11.3 Å². The molecule has 8 heavy (non-hydrogen) atoms. The first-order valence-corrected chi connectivity index (χ1v) is 2.62. The normalized spacial score (nSPS) is 9.88. The number of halogens is 3. The van der Waals surface area contributed by atoms with Crippen LogP contribution in [0.25, 0.3) is 0 Å². The zero-order valence-electron chi connectivity index (χ0n) is 3.62. The molecule has 0 aliphatic carbocycles. The first-order valence-electron chi connectivity index (χ1n) is 1.80. The Bertz CT molecular complexity index is 174. The summed E-state index contributed by atoms with van der Waals surface area (Å²) in [6.45, 7) is 0. The second-order valence-corrected chi connectivity index (χ2v) is 2.12. The Hall–Kier alpha value is -0.510. The van der Waals surface area contributed by atoms with Gasteiger partial charge in [-0.25, -0.2) is 4.39 Å². The van der Waals surface area contributed by atoms with Crippen LogP contribution in [0, 0.1) is 16.1 Å². The van der Waals surface area contributed by atoms with E-state index in [4.69, 9.17) is 0 Å². The summed E-state index contributed by atoms with van der Waals surface area (Å²) in [6, 6.07) is 0.514. The SMILES string of the molecule is Fc1cc(F)c(F)s1. The lowest BCUT2D eigenvalue weighted by atomic mass is 10.6. The highest BCUT2D eigenvalue weighted by Crippen LogP contribution is 2.16. The molecule has 0 bridgehead atoms. The lowest BCUT2D eigenvalue weighted by molar-refractivity contribution is 0.528. The standard InChI is InChI=1S/C4HF3S/c5-2-1-3(6)8-4(2)7/h1H. The van der Waals surface area contributed by atoms with Crippen LogP contribution >= 0.6 is 11.3 Å². The summed E-state index contributed by atoms with van der Waals surface area (Å²) in [5, 5.41) is -1.93. The molecule has 0 saturated heterocycles. The van der Waals surface area contributed by atoms with Gasteiger partial charge in [-0.1, -0.05) is 11.3 Å². The van der Waals surface area contributed by atoms with Crippen LogP contribution < -0.4 is 0 Å². The number of thiophene rings is 1. The molecule has 0 saturated carbocycles. The van der Waals surface area contributed by atoms with E-state index in [2.05, 4.69) is 0 Å². The minimum atomic E-state index is -1.12. The number of hydrogen-bond acceptors (Lipinski definition) is 1. The molecule has 0 fully saturated rings. The zero-order valence-corrected chi connectivity index (χ0v) is 4.44. The molecule has 1 heterocycles. The van der Waals surface area contributed by atoms with Crippen molar-refractivity contribution in [2.45, 2.75) is 0 Å². The van der Waals surface area contributed by atoms with Crippen LogP contribution in [0.5, 0.6) is 0 Å². The highest BCUT2D eigenvalue weighted by molar-refractivity contribution is 7.08. The van der Waals surface area contributed by atoms with Crippen LogP contribution in [0.2, 0.25) is 0 Å². The molecule has 0 N–H and O–H groups in total. The molecule has 0 nitrogen and oxygen atoms in total. The Labute approximate surface area is 47.6 Å². The summed E-state index contributed by atoms with van der Waals surface area (Å²) in [7, 11) is 0. The highest BCUT2D eigenvalue weighted by Gasteiger charge is 2.05. The van der Waals surface area contributed by atoms with Gasteiger partial charge in [0.1, 0.15) is 0 Å². The van der Waals surface area contributed by atoms with Crippen molar-refractivity contribution in [1.29, 1.82) is 0 Å². The number of hydrogen-bond donors (Lipinski definition) is 0. The van der Waals surface area contributed by atoms with E-state index < -0.39 is 16.1 Å². The van der Waals surface area contributed by atoms with E-state index in [9.17, 15) is 13.2 Å². The van der Waals surface area contributed by atoms with Crippen LogP contribution in [0.1, 0.15) is 0 Å². The van der Waals surface area contributed by atoms with Gasteiger partial charge < -0.3 is 0 Å². The van der Waals surface area contributed by atoms with E-state index in [0.717, 1.165) is 0 Å². The lowest BCUT2D eigenvalue weighted by Gasteiger charge is -1.69. The lowest BCUT2D eigenvalue weighted by Crippen LogP contribution is -1.64. The van der Waals surface area contributed by atoms with E-state index in [0.29, 0.717) is 6.07 Å². The third kappa shape index (κ3) is 0.838. The molecule has 1 rings (SSSR count). The maximum absolute atomic E-state index is 11.7. The van der Waals surface area contributed by atoms with Gasteiger partial charge in [0.15, 0.2) is 10.9 Å². The Kier molecular flexibility index (Phi) is 1.25. The fourth-order valence-corrected chi connectivity index (χ4v) is 0.810. The fourth-order valence-electron chi connectivity index (χ4n) is 0.320. The predicted octanol–water partition coefficient (Wildman–Crippen LogP) is 2.17. The summed E-state index contributed by atoms with van der Waals surface area (Å²) in [5.74, 6) is -1.12. The van der Waals surface area contributed by atoms with Crippen LogP contribution in [0.3, 0.4) is 0 Å². The molecule has 1 aromatic rings. The van der Waals surface area contributed by atoms with E-state index >= 15 is 0 Å². The molecule has 0 radical (unpaired) electrons. The Balaban J connectivity index is 3.14. The smallest absolute Gasteiger partial charge is 0.203 e. The summed E-state index contributed by atoms with van der Waals surface area (Å²) in [5.41, 5.74) is 0. The maximum Gasteiger partial charge on any atom is 0.214 e. The molecule has 0 aliphatic rings. The second-order valence-electron chi connectivity index (χ2n) is 1.17. The van der Waals surface area contributed by atoms with E-state index in [1.165, 1.54) is 0 Å². The van der Waals surface area contributed by atoms with Crippen LogP contribution in [-0.2, 0) is 0 Å². The van der Waals surface area contributed by atoms with Crippen molar-refractivity contribution in [1.82, 2.24) is 0 Å². The fraction of sp³-hybridized carbons (Fsp3) is 0. The van der Waals surface area contributed by atoms with Gasteiger partial charge in [-0.2, -0.15) is 8.78 Å². The first-order chi connectivity index (χ1) is 3.70. The molecule has 0 spiro atoms. The zero-order chi connectivity index (χ0) is 6.15. The maximum atomic E-state index is 11.7. The number of rotatable bonds is 0. The highest BCUT2D eigenvalue weighted by atomic mass is 32.1. The Morgan fingerprint density at radius 2 is 1.88 bits per heavy atom. The van der Waals surface area contributed by atoms with Crippen molar-refractivity contribution in [2.75, 3.05) is 0 Å². The monoisotopic (exact) mass is 138 g/mol. The average Bonchev–Trinajstić information content (AvgIpc) is 1.85. The van der Waals surface area contributed by atoms with Crippen LogP contribution in [0.15, 0.2) is 6.07 Å². The summed E-state index contributed by atoms with van der Waals surface area (Å²) >= 11 is 0.161. The van der Waals surface area contributed by atoms with Gasteiger partial charge in [-0.3, -0.25) is 0 Å². The summed E-state index contributed by atoms with van der Waals surface area (Å²) < 4.78 is 35.2. The topological polar surface area (TPSA) is 0 Å². The van der Waals surface area contributed by atoms with Crippen molar-refractivity contribution in [3.8, 4) is 0 Å². The van der Waals surface area contributed by atoms with Gasteiger partial charge in [0.25, 0.3) is 0 Å². The molecule has 44 valence electrons. The third-order valence-corrected chi connectivity index (χ3v) is 1.30. The van der Waals surface area contributed by atoms with Gasteiger partial charge in [-0.05, 0) is 0 Å². The third-order valence-electron chi connectivity index (χ3n) is 0.615. The molecule has 0 atom stereocenters. The molecular formula is C4HF3S. The van der Waals surface area contributed by atoms with E-state index in [-0.39, 0.29) is 11.3 Å².